The number of anilines is 1. The number of benzene rings is 2. The Balaban J connectivity index is 2.31. The molecule has 2 aromatic carbocycles. The average molecular weight is 309 g/mol. The summed E-state index contributed by atoms with van der Waals surface area (Å²) in [6, 6.07) is 11.8. The Morgan fingerprint density at radius 1 is 1.30 bits per heavy atom. The second-order valence-electron chi connectivity index (χ2n) is 4.44. The van der Waals surface area contributed by atoms with Crippen molar-refractivity contribution in [2.24, 2.45) is 5.73 Å². The van der Waals surface area contributed by atoms with Gasteiger partial charge in [0.05, 0.1) is 6.04 Å². The molecule has 0 heterocycles. The van der Waals surface area contributed by atoms with Crippen LogP contribution < -0.4 is 11.1 Å². The van der Waals surface area contributed by atoms with E-state index < -0.39 is 0 Å². The minimum atomic E-state index is -0.372. The Hall–Kier alpha value is -1.65. The zero-order valence-electron chi connectivity index (χ0n) is 10.9. The van der Waals surface area contributed by atoms with Gasteiger partial charge in [-0.1, -0.05) is 42.0 Å². The van der Waals surface area contributed by atoms with Gasteiger partial charge in [0, 0.05) is 16.3 Å². The molecule has 104 valence electrons. The Morgan fingerprint density at radius 3 is 2.65 bits per heavy atom. The van der Waals surface area contributed by atoms with Crippen LogP contribution in [0, 0.1) is 5.82 Å². The van der Waals surface area contributed by atoms with Crippen LogP contribution in [0.5, 0.6) is 0 Å². The summed E-state index contributed by atoms with van der Waals surface area (Å²) in [6.07, 6.45) is 0. The molecule has 0 aliphatic heterocycles. The molecule has 1 unspecified atom stereocenters. The molecule has 2 aromatic rings. The first-order valence-electron chi connectivity index (χ1n) is 6.09. The van der Waals surface area contributed by atoms with Crippen LogP contribution in [0.4, 0.5) is 10.1 Å². The molecule has 0 aliphatic carbocycles. The van der Waals surface area contributed by atoms with Crippen LogP contribution in [0.3, 0.4) is 0 Å². The summed E-state index contributed by atoms with van der Waals surface area (Å²) in [6.45, 7) is 1.97. The van der Waals surface area contributed by atoms with E-state index in [9.17, 15) is 4.39 Å². The standard InChI is InChI=1S/C15H14ClFN2S/c1-9(11-4-2-3-5-13(11)16)19-14-7-6-10(17)8-12(14)15(18)20/h2-9,19H,1H3,(H2,18,20). The number of hydrogen-bond donors (Lipinski definition) is 2. The van der Waals surface area contributed by atoms with E-state index in [4.69, 9.17) is 29.6 Å². The van der Waals surface area contributed by atoms with Gasteiger partial charge in [0.25, 0.3) is 0 Å². The van der Waals surface area contributed by atoms with Crippen LogP contribution in [0.1, 0.15) is 24.1 Å². The molecule has 0 bridgehead atoms. The van der Waals surface area contributed by atoms with Crippen molar-refractivity contribution >= 4 is 34.5 Å². The van der Waals surface area contributed by atoms with Crippen LogP contribution in [-0.2, 0) is 0 Å². The monoisotopic (exact) mass is 308 g/mol. The summed E-state index contributed by atoms with van der Waals surface area (Å²) in [5.41, 5.74) is 7.75. The number of nitrogens with two attached hydrogens (primary N) is 1. The fourth-order valence-corrected chi connectivity index (χ4v) is 2.45. The zero-order chi connectivity index (χ0) is 14.7. The molecular weight excluding hydrogens is 295 g/mol. The van der Waals surface area contributed by atoms with Crippen LogP contribution in [-0.4, -0.2) is 4.99 Å². The van der Waals surface area contributed by atoms with Crippen LogP contribution in [0.25, 0.3) is 0 Å². The lowest BCUT2D eigenvalue weighted by Crippen LogP contribution is -2.15. The van der Waals surface area contributed by atoms with Crippen LogP contribution in [0.2, 0.25) is 5.02 Å². The van der Waals surface area contributed by atoms with E-state index in [1.807, 2.05) is 31.2 Å². The summed E-state index contributed by atoms with van der Waals surface area (Å²) in [4.78, 5) is 0.151. The highest BCUT2D eigenvalue weighted by atomic mass is 35.5. The van der Waals surface area contributed by atoms with E-state index in [0.717, 1.165) is 5.56 Å². The highest BCUT2D eigenvalue weighted by Crippen LogP contribution is 2.27. The molecule has 0 radical (unpaired) electrons. The SMILES string of the molecule is CC(Nc1ccc(F)cc1C(N)=S)c1ccccc1Cl. The molecule has 0 saturated carbocycles. The smallest absolute Gasteiger partial charge is 0.124 e. The first-order valence-corrected chi connectivity index (χ1v) is 6.88. The van der Waals surface area contributed by atoms with Crippen molar-refractivity contribution in [3.8, 4) is 0 Å². The summed E-state index contributed by atoms with van der Waals surface area (Å²) in [7, 11) is 0. The highest BCUT2D eigenvalue weighted by Gasteiger charge is 2.12. The first kappa shape index (κ1) is 14.8. The summed E-state index contributed by atoms with van der Waals surface area (Å²) < 4.78 is 13.3. The summed E-state index contributed by atoms with van der Waals surface area (Å²) >= 11 is 11.1. The first-order chi connectivity index (χ1) is 9.49. The Morgan fingerprint density at radius 2 is 2.00 bits per heavy atom. The molecule has 2 nitrogen and oxygen atoms in total. The molecule has 0 amide bonds. The third-order valence-electron chi connectivity index (χ3n) is 2.99. The third kappa shape index (κ3) is 3.26. The van der Waals surface area contributed by atoms with Gasteiger partial charge in [-0.25, -0.2) is 4.39 Å². The lowest BCUT2D eigenvalue weighted by atomic mass is 10.1. The van der Waals surface area contributed by atoms with Gasteiger partial charge in [0.1, 0.15) is 10.8 Å². The Bertz CT molecular complexity index is 646. The largest absolute Gasteiger partial charge is 0.389 e. The molecule has 20 heavy (non-hydrogen) atoms. The van der Waals surface area contributed by atoms with Crippen molar-refractivity contribution in [1.82, 2.24) is 0 Å². The van der Waals surface area contributed by atoms with Crippen molar-refractivity contribution in [3.63, 3.8) is 0 Å². The topological polar surface area (TPSA) is 38.0 Å². The quantitative estimate of drug-likeness (QED) is 0.828. The van der Waals surface area contributed by atoms with E-state index in [2.05, 4.69) is 5.32 Å². The molecule has 0 aliphatic rings. The normalized spacial score (nSPS) is 11.9. The van der Waals surface area contributed by atoms with Crippen molar-refractivity contribution in [2.75, 3.05) is 5.32 Å². The van der Waals surface area contributed by atoms with E-state index in [-0.39, 0.29) is 16.8 Å². The fourth-order valence-electron chi connectivity index (χ4n) is 1.98. The van der Waals surface area contributed by atoms with Crippen LogP contribution in [0.15, 0.2) is 42.5 Å². The highest BCUT2D eigenvalue weighted by molar-refractivity contribution is 7.80. The van der Waals surface area contributed by atoms with Crippen molar-refractivity contribution in [3.05, 3.63) is 64.4 Å². The average Bonchev–Trinajstić information content (AvgIpc) is 2.41. The number of thiocarbonyl (C=S) groups is 1. The molecule has 5 heteroatoms. The predicted molar refractivity (Wildman–Crippen MR) is 85.8 cm³/mol. The maximum absolute atomic E-state index is 13.3. The summed E-state index contributed by atoms with van der Waals surface area (Å²) in [5.74, 6) is -0.372. The second kappa shape index (κ2) is 6.20. The van der Waals surface area contributed by atoms with E-state index in [0.29, 0.717) is 16.3 Å². The van der Waals surface area contributed by atoms with Crippen molar-refractivity contribution in [2.45, 2.75) is 13.0 Å². The molecule has 2 rings (SSSR count). The van der Waals surface area contributed by atoms with Gasteiger partial charge < -0.3 is 11.1 Å². The van der Waals surface area contributed by atoms with E-state index in [1.165, 1.54) is 12.1 Å². The van der Waals surface area contributed by atoms with Gasteiger partial charge in [-0.3, -0.25) is 0 Å². The number of rotatable bonds is 4. The minimum Gasteiger partial charge on any atom is -0.389 e. The maximum atomic E-state index is 13.3. The van der Waals surface area contributed by atoms with Gasteiger partial charge in [0.2, 0.25) is 0 Å². The number of halogens is 2. The maximum Gasteiger partial charge on any atom is 0.124 e. The Kier molecular flexibility index (Phi) is 4.57. The molecular formula is C15H14ClFN2S. The van der Waals surface area contributed by atoms with Gasteiger partial charge in [0.15, 0.2) is 0 Å². The molecule has 0 spiro atoms. The van der Waals surface area contributed by atoms with E-state index >= 15 is 0 Å². The molecule has 0 fully saturated rings. The third-order valence-corrected chi connectivity index (χ3v) is 3.55. The predicted octanol–water partition coefficient (Wildman–Crippen LogP) is 4.29. The molecule has 1 atom stereocenters. The van der Waals surface area contributed by atoms with E-state index in [1.54, 1.807) is 6.07 Å². The van der Waals surface area contributed by atoms with Crippen molar-refractivity contribution < 1.29 is 4.39 Å². The Labute approximate surface area is 127 Å². The van der Waals surface area contributed by atoms with Gasteiger partial charge >= 0.3 is 0 Å². The van der Waals surface area contributed by atoms with Gasteiger partial charge in [-0.15, -0.1) is 0 Å². The molecule has 0 aromatic heterocycles. The lowest BCUT2D eigenvalue weighted by molar-refractivity contribution is 0.627. The molecule has 0 saturated heterocycles. The molecule has 3 N–H and O–H groups in total. The van der Waals surface area contributed by atoms with Gasteiger partial charge in [-0.2, -0.15) is 0 Å². The second-order valence-corrected chi connectivity index (χ2v) is 5.29. The lowest BCUT2D eigenvalue weighted by Gasteiger charge is -2.19. The zero-order valence-corrected chi connectivity index (χ0v) is 12.4. The fraction of sp³-hybridized carbons (Fsp3) is 0.133. The summed E-state index contributed by atoms with van der Waals surface area (Å²) in [5, 5.41) is 3.93. The number of hydrogen-bond acceptors (Lipinski definition) is 2. The van der Waals surface area contributed by atoms with Gasteiger partial charge in [-0.05, 0) is 36.8 Å². The van der Waals surface area contributed by atoms with Crippen molar-refractivity contribution in [1.29, 1.82) is 0 Å². The minimum absolute atomic E-state index is 0.0535. The number of nitrogens with one attached hydrogen (secondary N) is 1. The van der Waals surface area contributed by atoms with Crippen LogP contribution >= 0.6 is 23.8 Å².